The van der Waals surface area contributed by atoms with Gasteiger partial charge in [-0.15, -0.1) is 11.3 Å². The molecule has 2 aromatic carbocycles. The number of hydrogen-bond donors (Lipinski definition) is 1. The summed E-state index contributed by atoms with van der Waals surface area (Å²) in [5.74, 6) is 0.378. The number of benzene rings is 2. The number of aromatic nitrogens is 1. The molecule has 5 nitrogen and oxygen atoms in total. The van der Waals surface area contributed by atoms with Crippen molar-refractivity contribution in [2.75, 3.05) is 14.2 Å². The van der Waals surface area contributed by atoms with Crippen molar-refractivity contribution in [1.82, 2.24) is 4.98 Å². The van der Waals surface area contributed by atoms with Crippen molar-refractivity contribution in [1.29, 1.82) is 0 Å². The Morgan fingerprint density at radius 2 is 1.69 bits per heavy atom. The second-order valence-corrected chi connectivity index (χ2v) is 6.41. The number of aromatic carboxylic acids is 1. The Bertz CT molecular complexity index is 925. The molecule has 0 spiro atoms. The molecule has 3 aromatic rings. The van der Waals surface area contributed by atoms with Gasteiger partial charge < -0.3 is 14.6 Å². The molecule has 0 radical (unpaired) electrons. The van der Waals surface area contributed by atoms with E-state index in [2.05, 4.69) is 4.98 Å². The van der Waals surface area contributed by atoms with Crippen LogP contribution in [0.15, 0.2) is 48.5 Å². The molecular weight excluding hydrogens is 350 g/mol. The van der Waals surface area contributed by atoms with E-state index in [0.717, 1.165) is 22.5 Å². The van der Waals surface area contributed by atoms with E-state index in [-0.39, 0.29) is 4.88 Å². The molecule has 0 saturated heterocycles. The summed E-state index contributed by atoms with van der Waals surface area (Å²) in [6.45, 7) is 0. The highest BCUT2D eigenvalue weighted by atomic mass is 32.1. The molecule has 132 valence electrons. The second-order valence-electron chi connectivity index (χ2n) is 5.38. The first kappa shape index (κ1) is 17.7. The first-order valence-electron chi connectivity index (χ1n) is 7.81. The van der Waals surface area contributed by atoms with Crippen LogP contribution in [0.2, 0.25) is 0 Å². The highest BCUT2D eigenvalue weighted by molar-refractivity contribution is 7.15. The van der Waals surface area contributed by atoms with Gasteiger partial charge in [-0.25, -0.2) is 9.78 Å². The maximum absolute atomic E-state index is 11.6. The lowest BCUT2D eigenvalue weighted by Crippen LogP contribution is -1.95. The molecule has 1 N–H and O–H groups in total. The van der Waals surface area contributed by atoms with Crippen molar-refractivity contribution in [3.8, 4) is 22.8 Å². The summed E-state index contributed by atoms with van der Waals surface area (Å²) in [6, 6.07) is 14.8. The molecule has 1 aromatic heterocycles. The van der Waals surface area contributed by atoms with Gasteiger partial charge in [0.25, 0.3) is 0 Å². The normalized spacial score (nSPS) is 10.8. The second kappa shape index (κ2) is 7.84. The number of carboxylic acids is 1. The zero-order valence-corrected chi connectivity index (χ0v) is 15.1. The molecule has 0 unspecified atom stereocenters. The van der Waals surface area contributed by atoms with E-state index in [1.807, 2.05) is 48.5 Å². The molecule has 0 aliphatic rings. The predicted molar refractivity (Wildman–Crippen MR) is 103 cm³/mol. The summed E-state index contributed by atoms with van der Waals surface area (Å²) in [5.41, 5.74) is 2.13. The summed E-state index contributed by atoms with van der Waals surface area (Å²) >= 11 is 1.14. The van der Waals surface area contributed by atoms with Gasteiger partial charge in [0.15, 0.2) is 0 Å². The maximum Gasteiger partial charge on any atom is 0.348 e. The van der Waals surface area contributed by atoms with Crippen molar-refractivity contribution in [3.05, 3.63) is 64.0 Å². The number of carbonyl (C=O) groups is 1. The number of methoxy groups -OCH3 is 2. The summed E-state index contributed by atoms with van der Waals surface area (Å²) < 4.78 is 10.5. The van der Waals surface area contributed by atoms with Crippen LogP contribution in [0.3, 0.4) is 0 Å². The minimum atomic E-state index is -0.982. The molecule has 26 heavy (non-hydrogen) atoms. The van der Waals surface area contributed by atoms with Crippen LogP contribution in [0.1, 0.15) is 20.2 Å². The zero-order valence-electron chi connectivity index (χ0n) is 14.3. The van der Waals surface area contributed by atoms with Gasteiger partial charge in [-0.05, 0) is 23.8 Å². The SMILES string of the molecule is COc1cc(/C=C/c2nc(-c3ccccc3)c(C(=O)O)s2)cc(OC)c1. The molecular formula is C20H17NO4S. The van der Waals surface area contributed by atoms with E-state index in [9.17, 15) is 9.90 Å². The van der Waals surface area contributed by atoms with Gasteiger partial charge in [0, 0.05) is 11.6 Å². The summed E-state index contributed by atoms with van der Waals surface area (Å²) in [4.78, 5) is 16.3. The van der Waals surface area contributed by atoms with Crippen LogP contribution in [-0.4, -0.2) is 30.3 Å². The van der Waals surface area contributed by atoms with Gasteiger partial charge in [-0.3, -0.25) is 0 Å². The molecule has 6 heteroatoms. The Balaban J connectivity index is 1.96. The van der Waals surface area contributed by atoms with Crippen LogP contribution in [0.25, 0.3) is 23.4 Å². The number of nitrogens with zero attached hydrogens (tertiary/aromatic N) is 1. The topological polar surface area (TPSA) is 68.7 Å². The molecule has 0 atom stereocenters. The third kappa shape index (κ3) is 3.92. The van der Waals surface area contributed by atoms with Crippen LogP contribution in [-0.2, 0) is 0 Å². The quantitative estimate of drug-likeness (QED) is 0.684. The fourth-order valence-electron chi connectivity index (χ4n) is 2.44. The molecule has 0 aliphatic heterocycles. The number of rotatable bonds is 6. The van der Waals surface area contributed by atoms with Crippen molar-refractivity contribution in [2.24, 2.45) is 0 Å². The van der Waals surface area contributed by atoms with E-state index in [1.165, 1.54) is 0 Å². The first-order chi connectivity index (χ1) is 12.6. The fourth-order valence-corrected chi connectivity index (χ4v) is 3.27. The standard InChI is InChI=1S/C20H17NO4S/c1-24-15-10-13(11-16(12-15)25-2)8-9-17-21-18(19(26-17)20(22)23)14-6-4-3-5-7-14/h3-12H,1-2H3,(H,22,23)/b9-8+. The lowest BCUT2D eigenvalue weighted by Gasteiger charge is -2.05. The Kier molecular flexibility index (Phi) is 5.34. The molecule has 3 rings (SSSR count). The third-order valence-electron chi connectivity index (χ3n) is 3.68. The maximum atomic E-state index is 11.6. The molecule has 0 amide bonds. The van der Waals surface area contributed by atoms with Crippen molar-refractivity contribution in [2.45, 2.75) is 0 Å². The minimum Gasteiger partial charge on any atom is -0.497 e. The average Bonchev–Trinajstić information content (AvgIpc) is 3.11. The lowest BCUT2D eigenvalue weighted by atomic mass is 10.1. The van der Waals surface area contributed by atoms with Gasteiger partial charge in [0.2, 0.25) is 0 Å². The van der Waals surface area contributed by atoms with Crippen molar-refractivity contribution < 1.29 is 19.4 Å². The fraction of sp³-hybridized carbons (Fsp3) is 0.100. The average molecular weight is 367 g/mol. The van der Waals surface area contributed by atoms with Crippen molar-refractivity contribution in [3.63, 3.8) is 0 Å². The third-order valence-corrected chi connectivity index (χ3v) is 4.69. The van der Waals surface area contributed by atoms with E-state index in [4.69, 9.17) is 9.47 Å². The molecule has 0 saturated carbocycles. The number of carboxylic acid groups (broad SMARTS) is 1. The smallest absolute Gasteiger partial charge is 0.348 e. The van der Waals surface area contributed by atoms with Gasteiger partial charge >= 0.3 is 5.97 Å². The molecule has 0 bridgehead atoms. The van der Waals surface area contributed by atoms with E-state index < -0.39 is 5.97 Å². The predicted octanol–water partition coefficient (Wildman–Crippen LogP) is 4.70. The first-order valence-corrected chi connectivity index (χ1v) is 8.63. The van der Waals surface area contributed by atoms with Crippen molar-refractivity contribution >= 4 is 29.5 Å². The van der Waals surface area contributed by atoms with Gasteiger partial charge in [0.05, 0.1) is 19.9 Å². The van der Waals surface area contributed by atoms with Gasteiger partial charge in [-0.2, -0.15) is 0 Å². The Labute approximate surface area is 155 Å². The summed E-state index contributed by atoms with van der Waals surface area (Å²) in [7, 11) is 3.18. The Hall–Kier alpha value is -3.12. The summed E-state index contributed by atoms with van der Waals surface area (Å²) in [6.07, 6.45) is 3.64. The number of ether oxygens (including phenoxy) is 2. The lowest BCUT2D eigenvalue weighted by molar-refractivity contribution is 0.0702. The van der Waals surface area contributed by atoms with Crippen LogP contribution < -0.4 is 9.47 Å². The molecule has 1 heterocycles. The van der Waals surface area contributed by atoms with Gasteiger partial charge in [-0.1, -0.05) is 36.4 Å². The Morgan fingerprint density at radius 3 is 2.27 bits per heavy atom. The number of thiazole rings is 1. The minimum absolute atomic E-state index is 0.221. The molecule has 0 aliphatic carbocycles. The monoisotopic (exact) mass is 367 g/mol. The largest absolute Gasteiger partial charge is 0.497 e. The molecule has 0 fully saturated rings. The van der Waals surface area contributed by atoms with Gasteiger partial charge in [0.1, 0.15) is 21.4 Å². The van der Waals surface area contributed by atoms with E-state index in [0.29, 0.717) is 22.2 Å². The van der Waals surface area contributed by atoms with Crippen LogP contribution in [0.4, 0.5) is 0 Å². The Morgan fingerprint density at radius 1 is 1.04 bits per heavy atom. The van der Waals surface area contributed by atoms with E-state index >= 15 is 0 Å². The van der Waals surface area contributed by atoms with E-state index in [1.54, 1.807) is 26.4 Å². The highest BCUT2D eigenvalue weighted by Crippen LogP contribution is 2.30. The number of hydrogen-bond acceptors (Lipinski definition) is 5. The van der Waals surface area contributed by atoms with Crippen LogP contribution >= 0.6 is 11.3 Å². The summed E-state index contributed by atoms with van der Waals surface area (Å²) in [5, 5.41) is 10.1. The van der Waals surface area contributed by atoms with Crippen LogP contribution in [0, 0.1) is 0 Å². The zero-order chi connectivity index (χ0) is 18.5. The highest BCUT2D eigenvalue weighted by Gasteiger charge is 2.17. The van der Waals surface area contributed by atoms with Crippen LogP contribution in [0.5, 0.6) is 11.5 Å².